The predicted octanol–water partition coefficient (Wildman–Crippen LogP) is 1.98. The normalized spacial score (nSPS) is 16.8. The van der Waals surface area contributed by atoms with Crippen LogP contribution in [0.2, 0.25) is 0 Å². The van der Waals surface area contributed by atoms with Gasteiger partial charge in [0, 0.05) is 74.6 Å². The molecule has 0 radical (unpaired) electrons. The number of para-hydroxylation sites is 2. The first kappa shape index (κ1) is 23.4. The van der Waals surface area contributed by atoms with Crippen molar-refractivity contribution in [1.29, 1.82) is 0 Å². The lowest BCUT2D eigenvalue weighted by molar-refractivity contribution is -0.117. The fourth-order valence-corrected chi connectivity index (χ4v) is 5.02. The first-order chi connectivity index (χ1) is 17.1. The van der Waals surface area contributed by atoms with Crippen molar-refractivity contribution in [2.75, 3.05) is 57.7 Å². The summed E-state index contributed by atoms with van der Waals surface area (Å²) in [6, 6.07) is 17.3. The lowest BCUT2D eigenvalue weighted by Crippen LogP contribution is -2.49. The van der Waals surface area contributed by atoms with E-state index in [-0.39, 0.29) is 25.0 Å². The number of nitrogens with zero attached hydrogens (tertiary/aromatic N) is 4. The number of aromatic nitrogens is 1. The lowest BCUT2D eigenvalue weighted by atomic mass is 9.94. The van der Waals surface area contributed by atoms with E-state index in [9.17, 15) is 14.7 Å². The van der Waals surface area contributed by atoms with Crippen LogP contribution in [0, 0.1) is 0 Å². The Morgan fingerprint density at radius 3 is 2.43 bits per heavy atom. The Morgan fingerprint density at radius 1 is 0.914 bits per heavy atom. The Morgan fingerprint density at radius 2 is 1.66 bits per heavy atom. The van der Waals surface area contributed by atoms with Gasteiger partial charge in [0.15, 0.2) is 0 Å². The number of piperazine rings is 1. The second-order valence-corrected chi connectivity index (χ2v) is 9.16. The van der Waals surface area contributed by atoms with E-state index in [2.05, 4.69) is 15.1 Å². The predicted molar refractivity (Wildman–Crippen MR) is 135 cm³/mol. The topological polar surface area (TPSA) is 89.0 Å². The highest BCUT2D eigenvalue weighted by Gasteiger charge is 2.30. The van der Waals surface area contributed by atoms with E-state index in [1.54, 1.807) is 0 Å². The van der Waals surface area contributed by atoms with Crippen molar-refractivity contribution in [2.24, 2.45) is 0 Å². The molecule has 8 heteroatoms. The van der Waals surface area contributed by atoms with Gasteiger partial charge in [-0.15, -0.1) is 0 Å². The number of amides is 2. The number of hydrogen-bond donors (Lipinski definition) is 2. The van der Waals surface area contributed by atoms with Crippen molar-refractivity contribution in [1.82, 2.24) is 19.7 Å². The molecule has 8 nitrogen and oxygen atoms in total. The highest BCUT2D eigenvalue weighted by Crippen LogP contribution is 2.29. The molecule has 3 aromatic rings. The van der Waals surface area contributed by atoms with Gasteiger partial charge in [-0.2, -0.15) is 0 Å². The van der Waals surface area contributed by atoms with E-state index in [1.807, 2.05) is 59.5 Å². The summed E-state index contributed by atoms with van der Waals surface area (Å²) in [7, 11) is 0. The molecule has 5 rings (SSSR count). The van der Waals surface area contributed by atoms with Crippen molar-refractivity contribution in [2.45, 2.75) is 13.0 Å². The number of anilines is 1. The van der Waals surface area contributed by atoms with Gasteiger partial charge < -0.3 is 15.3 Å². The summed E-state index contributed by atoms with van der Waals surface area (Å²) >= 11 is 0. The number of fused-ring (bicyclic) bond motifs is 2. The van der Waals surface area contributed by atoms with Crippen LogP contribution in [0.3, 0.4) is 0 Å². The zero-order chi connectivity index (χ0) is 24.2. The van der Waals surface area contributed by atoms with Crippen molar-refractivity contribution in [3.05, 3.63) is 71.4 Å². The first-order valence-electron chi connectivity index (χ1n) is 12.2. The molecule has 182 valence electrons. The fourth-order valence-electron chi connectivity index (χ4n) is 5.02. The van der Waals surface area contributed by atoms with Gasteiger partial charge in [0.05, 0.1) is 24.2 Å². The molecule has 0 atom stereocenters. The van der Waals surface area contributed by atoms with Gasteiger partial charge in [0.2, 0.25) is 5.91 Å². The largest absolute Gasteiger partial charge is 0.395 e. The fraction of sp³-hybridized carbons (Fsp3) is 0.370. The Bertz CT molecular complexity index is 1210. The number of nitrogens with one attached hydrogen (secondary N) is 1. The molecule has 0 spiro atoms. The molecule has 2 aromatic carbocycles. The Labute approximate surface area is 205 Å². The van der Waals surface area contributed by atoms with Gasteiger partial charge in [-0.3, -0.25) is 24.4 Å². The number of aliphatic hydroxyl groups is 1. The summed E-state index contributed by atoms with van der Waals surface area (Å²) in [6.45, 7) is 5.02. The molecule has 2 aliphatic rings. The maximum absolute atomic E-state index is 13.9. The zero-order valence-corrected chi connectivity index (χ0v) is 19.8. The van der Waals surface area contributed by atoms with Crippen molar-refractivity contribution >= 4 is 28.4 Å². The molecule has 35 heavy (non-hydrogen) atoms. The Hall–Kier alpha value is -3.33. The summed E-state index contributed by atoms with van der Waals surface area (Å²) in [5.74, 6) is -0.0413. The SMILES string of the molecule is O=C(CN1CCc2nc3ccccc3c(C(=O)N3CCN(CCO)CC3)c2C1)Nc1ccccc1. The quantitative estimate of drug-likeness (QED) is 0.569. The molecule has 1 aromatic heterocycles. The summed E-state index contributed by atoms with van der Waals surface area (Å²) in [5, 5.41) is 13.0. The molecule has 1 fully saturated rings. The van der Waals surface area contributed by atoms with Crippen molar-refractivity contribution < 1.29 is 14.7 Å². The molecule has 0 aliphatic carbocycles. The van der Waals surface area contributed by atoms with E-state index < -0.39 is 0 Å². The number of carbonyl (C=O) groups is 2. The van der Waals surface area contributed by atoms with Crippen LogP contribution < -0.4 is 5.32 Å². The molecule has 2 aliphatic heterocycles. The second kappa shape index (κ2) is 10.5. The number of aliphatic hydroxyl groups excluding tert-OH is 1. The van der Waals surface area contributed by atoms with E-state index in [0.29, 0.717) is 39.1 Å². The molecular weight excluding hydrogens is 442 g/mol. The third-order valence-corrected chi connectivity index (χ3v) is 6.84. The summed E-state index contributed by atoms with van der Waals surface area (Å²) in [4.78, 5) is 37.6. The molecular formula is C27H31N5O3. The van der Waals surface area contributed by atoms with Crippen LogP contribution in [-0.4, -0.2) is 89.0 Å². The highest BCUT2D eigenvalue weighted by molar-refractivity contribution is 6.07. The highest BCUT2D eigenvalue weighted by atomic mass is 16.3. The van der Waals surface area contributed by atoms with Crippen LogP contribution >= 0.6 is 0 Å². The van der Waals surface area contributed by atoms with Crippen LogP contribution in [-0.2, 0) is 17.8 Å². The first-order valence-corrected chi connectivity index (χ1v) is 12.2. The average molecular weight is 474 g/mol. The summed E-state index contributed by atoms with van der Waals surface area (Å²) in [6.07, 6.45) is 0.698. The monoisotopic (exact) mass is 473 g/mol. The van der Waals surface area contributed by atoms with Crippen molar-refractivity contribution in [3.63, 3.8) is 0 Å². The number of β-amino-alcohol motifs (C(OH)–C–C–N with tert-alkyl or cyclic N) is 1. The number of rotatable bonds is 6. The minimum atomic E-state index is -0.0683. The van der Waals surface area contributed by atoms with Crippen LogP contribution in [0.1, 0.15) is 21.6 Å². The van der Waals surface area contributed by atoms with E-state index >= 15 is 0 Å². The molecule has 0 unspecified atom stereocenters. The number of hydrogen-bond acceptors (Lipinski definition) is 6. The summed E-state index contributed by atoms with van der Waals surface area (Å²) < 4.78 is 0. The molecule has 0 saturated carbocycles. The zero-order valence-electron chi connectivity index (χ0n) is 19.8. The van der Waals surface area contributed by atoms with Gasteiger partial charge in [-0.25, -0.2) is 0 Å². The molecule has 2 N–H and O–H groups in total. The van der Waals surface area contributed by atoms with Gasteiger partial charge in [-0.1, -0.05) is 36.4 Å². The molecule has 3 heterocycles. The lowest BCUT2D eigenvalue weighted by Gasteiger charge is -2.36. The van der Waals surface area contributed by atoms with Crippen LogP contribution in [0.4, 0.5) is 5.69 Å². The average Bonchev–Trinajstić information content (AvgIpc) is 2.88. The summed E-state index contributed by atoms with van der Waals surface area (Å²) in [5.41, 5.74) is 4.22. The third-order valence-electron chi connectivity index (χ3n) is 6.84. The minimum Gasteiger partial charge on any atom is -0.395 e. The van der Waals surface area contributed by atoms with Gasteiger partial charge in [0.1, 0.15) is 0 Å². The molecule has 0 bridgehead atoms. The van der Waals surface area contributed by atoms with Crippen molar-refractivity contribution in [3.8, 4) is 0 Å². The van der Waals surface area contributed by atoms with Gasteiger partial charge in [0.25, 0.3) is 5.91 Å². The van der Waals surface area contributed by atoms with E-state index in [4.69, 9.17) is 4.98 Å². The maximum atomic E-state index is 13.9. The Balaban J connectivity index is 1.39. The van der Waals surface area contributed by atoms with Crippen LogP contribution in [0.5, 0.6) is 0 Å². The Kier molecular flexibility index (Phi) is 7.03. The van der Waals surface area contributed by atoms with E-state index in [0.717, 1.165) is 46.5 Å². The molecule has 1 saturated heterocycles. The van der Waals surface area contributed by atoms with Crippen LogP contribution in [0.25, 0.3) is 10.9 Å². The maximum Gasteiger partial charge on any atom is 0.255 e. The standard InChI is InChI=1S/C27H31N5O3/c33-17-16-30-12-14-32(15-13-30)27(35)26-21-8-4-5-9-23(21)29-24-10-11-31(18-22(24)26)19-25(34)28-20-6-2-1-3-7-20/h1-9,33H,10-19H2,(H,28,34). The van der Waals surface area contributed by atoms with Gasteiger partial charge in [-0.05, 0) is 18.2 Å². The third kappa shape index (κ3) is 5.19. The van der Waals surface area contributed by atoms with Gasteiger partial charge >= 0.3 is 0 Å². The number of carbonyl (C=O) groups excluding carboxylic acids is 2. The molecule has 2 amide bonds. The number of benzene rings is 2. The van der Waals surface area contributed by atoms with Crippen LogP contribution in [0.15, 0.2) is 54.6 Å². The smallest absolute Gasteiger partial charge is 0.255 e. The second-order valence-electron chi connectivity index (χ2n) is 9.16. The minimum absolute atomic E-state index is 0.0269. The van der Waals surface area contributed by atoms with E-state index in [1.165, 1.54) is 0 Å². The number of pyridine rings is 1.